The molecule has 0 aliphatic carbocycles. The van der Waals surface area contributed by atoms with Crippen LogP contribution in [0.15, 0.2) is 12.1 Å². The Morgan fingerprint density at radius 1 is 1.10 bits per heavy atom. The van der Waals surface area contributed by atoms with Crippen LogP contribution in [0.2, 0.25) is 0 Å². The summed E-state index contributed by atoms with van der Waals surface area (Å²) in [5.41, 5.74) is 1.00. The number of rotatable bonds is 8. The summed E-state index contributed by atoms with van der Waals surface area (Å²) in [4.78, 5) is 13.1. The van der Waals surface area contributed by atoms with Crippen LogP contribution in [0.5, 0.6) is 17.2 Å². The molecule has 0 aliphatic rings. The molecule has 0 heterocycles. The Hall–Kier alpha value is -1.95. The van der Waals surface area contributed by atoms with Crippen molar-refractivity contribution in [2.24, 2.45) is 0 Å². The molecule has 0 unspecified atom stereocenters. The predicted molar refractivity (Wildman–Crippen MR) is 81.1 cm³/mol. The Labute approximate surface area is 126 Å². The molecule has 0 saturated carbocycles. The molecule has 1 rings (SSSR count). The van der Waals surface area contributed by atoms with Crippen LogP contribution >= 0.6 is 0 Å². The summed E-state index contributed by atoms with van der Waals surface area (Å²) in [5.74, 6) is 1.93. The number of amides is 1. The fourth-order valence-electron chi connectivity index (χ4n) is 1.89. The van der Waals surface area contributed by atoms with Crippen LogP contribution in [0.3, 0.4) is 0 Å². The summed E-state index contributed by atoms with van der Waals surface area (Å²) in [7, 11) is 8.25. The largest absolute Gasteiger partial charge is 0.493 e. The second kappa shape index (κ2) is 8.36. The van der Waals surface area contributed by atoms with E-state index in [-0.39, 0.29) is 5.91 Å². The van der Waals surface area contributed by atoms with E-state index in [0.717, 1.165) is 5.56 Å². The van der Waals surface area contributed by atoms with Gasteiger partial charge in [-0.25, -0.2) is 0 Å². The minimum absolute atomic E-state index is 0.104. The highest BCUT2D eigenvalue weighted by Crippen LogP contribution is 2.38. The highest BCUT2D eigenvalue weighted by molar-refractivity contribution is 5.75. The lowest BCUT2D eigenvalue weighted by atomic mass is 10.1. The molecule has 6 heteroatoms. The highest BCUT2D eigenvalue weighted by atomic mass is 16.5. The summed E-state index contributed by atoms with van der Waals surface area (Å²) in [5, 5.41) is 3.23. The van der Waals surface area contributed by atoms with Crippen LogP contribution in [0, 0.1) is 0 Å². The summed E-state index contributed by atoms with van der Waals surface area (Å²) < 4.78 is 15.9. The van der Waals surface area contributed by atoms with Crippen LogP contribution in [0.4, 0.5) is 0 Å². The van der Waals surface area contributed by atoms with Crippen molar-refractivity contribution >= 4 is 5.91 Å². The van der Waals surface area contributed by atoms with Crippen molar-refractivity contribution in [3.8, 4) is 17.2 Å². The van der Waals surface area contributed by atoms with Crippen LogP contribution in [0.25, 0.3) is 0 Å². The summed E-state index contributed by atoms with van der Waals surface area (Å²) in [6, 6.07) is 3.78. The zero-order valence-corrected chi connectivity index (χ0v) is 13.4. The van der Waals surface area contributed by atoms with Gasteiger partial charge in [0.1, 0.15) is 0 Å². The van der Waals surface area contributed by atoms with E-state index in [4.69, 9.17) is 14.2 Å². The minimum atomic E-state index is 0.104. The van der Waals surface area contributed by atoms with Gasteiger partial charge in [-0.2, -0.15) is 0 Å². The number of carbonyl (C=O) groups excluding carboxylic acids is 1. The third-order valence-electron chi connectivity index (χ3n) is 3.07. The normalized spacial score (nSPS) is 10.1. The van der Waals surface area contributed by atoms with Crippen LogP contribution in [-0.2, 0) is 11.3 Å². The van der Waals surface area contributed by atoms with Gasteiger partial charge in [0.2, 0.25) is 11.7 Å². The molecule has 0 radical (unpaired) electrons. The smallest absolute Gasteiger partial charge is 0.223 e. The van der Waals surface area contributed by atoms with Crippen molar-refractivity contribution in [3.05, 3.63) is 17.7 Å². The number of nitrogens with zero attached hydrogens (tertiary/aromatic N) is 1. The van der Waals surface area contributed by atoms with Gasteiger partial charge in [-0.05, 0) is 17.7 Å². The van der Waals surface area contributed by atoms with Gasteiger partial charge in [-0.3, -0.25) is 4.79 Å². The van der Waals surface area contributed by atoms with Gasteiger partial charge in [-0.15, -0.1) is 0 Å². The number of ether oxygens (including phenoxy) is 3. The van der Waals surface area contributed by atoms with Gasteiger partial charge in [-0.1, -0.05) is 0 Å². The standard InChI is InChI=1S/C15H24N2O4/c1-17(2)14(18)6-7-16-10-11-8-12(19-3)15(21-5)13(9-11)20-4/h8-9,16H,6-7,10H2,1-5H3. The van der Waals surface area contributed by atoms with E-state index in [1.165, 1.54) is 0 Å². The first-order valence-electron chi connectivity index (χ1n) is 6.73. The summed E-state index contributed by atoms with van der Waals surface area (Å²) in [6.07, 6.45) is 0.470. The van der Waals surface area contributed by atoms with E-state index < -0.39 is 0 Å². The average Bonchev–Trinajstić information content (AvgIpc) is 2.49. The van der Waals surface area contributed by atoms with Crippen molar-refractivity contribution in [1.29, 1.82) is 0 Å². The molecule has 0 fully saturated rings. The maximum Gasteiger partial charge on any atom is 0.223 e. The molecule has 0 bridgehead atoms. The van der Waals surface area contributed by atoms with Crippen molar-refractivity contribution in [2.75, 3.05) is 42.0 Å². The molecule has 1 aromatic rings. The Bertz CT molecular complexity index is 450. The van der Waals surface area contributed by atoms with E-state index in [1.807, 2.05) is 12.1 Å². The lowest BCUT2D eigenvalue weighted by molar-refractivity contribution is -0.128. The quantitative estimate of drug-likeness (QED) is 0.732. The Morgan fingerprint density at radius 2 is 1.67 bits per heavy atom. The molecule has 1 amide bonds. The van der Waals surface area contributed by atoms with Crippen LogP contribution in [0.1, 0.15) is 12.0 Å². The number of hydrogen-bond donors (Lipinski definition) is 1. The summed E-state index contributed by atoms with van der Waals surface area (Å²) in [6.45, 7) is 1.24. The van der Waals surface area contributed by atoms with Gasteiger partial charge in [0.05, 0.1) is 21.3 Å². The fraction of sp³-hybridized carbons (Fsp3) is 0.533. The first kappa shape index (κ1) is 17.1. The van der Waals surface area contributed by atoms with Crippen molar-refractivity contribution < 1.29 is 19.0 Å². The predicted octanol–water partition coefficient (Wildman–Crippen LogP) is 1.28. The molecule has 118 valence electrons. The Morgan fingerprint density at radius 3 is 2.10 bits per heavy atom. The Balaban J connectivity index is 2.65. The first-order chi connectivity index (χ1) is 10.0. The molecule has 0 spiro atoms. The second-order valence-electron chi connectivity index (χ2n) is 4.75. The zero-order chi connectivity index (χ0) is 15.8. The monoisotopic (exact) mass is 296 g/mol. The minimum Gasteiger partial charge on any atom is -0.493 e. The van der Waals surface area contributed by atoms with E-state index in [1.54, 1.807) is 40.3 Å². The summed E-state index contributed by atoms with van der Waals surface area (Å²) >= 11 is 0. The average molecular weight is 296 g/mol. The Kier molecular flexibility index (Phi) is 6.81. The third kappa shape index (κ3) is 4.82. The maximum atomic E-state index is 11.5. The maximum absolute atomic E-state index is 11.5. The molecule has 21 heavy (non-hydrogen) atoms. The van der Waals surface area contributed by atoms with E-state index >= 15 is 0 Å². The number of hydrogen-bond acceptors (Lipinski definition) is 5. The molecule has 0 aromatic heterocycles. The SMILES string of the molecule is COc1cc(CNCCC(=O)N(C)C)cc(OC)c1OC. The van der Waals surface area contributed by atoms with Gasteiger partial charge >= 0.3 is 0 Å². The molecule has 1 aromatic carbocycles. The second-order valence-corrected chi connectivity index (χ2v) is 4.75. The first-order valence-corrected chi connectivity index (χ1v) is 6.73. The number of benzene rings is 1. The number of carbonyl (C=O) groups is 1. The van der Waals surface area contributed by atoms with Gasteiger partial charge in [0.15, 0.2) is 11.5 Å². The fourth-order valence-corrected chi connectivity index (χ4v) is 1.89. The lowest BCUT2D eigenvalue weighted by Gasteiger charge is -2.15. The lowest BCUT2D eigenvalue weighted by Crippen LogP contribution is -2.26. The number of methoxy groups -OCH3 is 3. The van der Waals surface area contributed by atoms with Crippen molar-refractivity contribution in [2.45, 2.75) is 13.0 Å². The molecular weight excluding hydrogens is 272 g/mol. The number of nitrogens with one attached hydrogen (secondary N) is 1. The third-order valence-corrected chi connectivity index (χ3v) is 3.07. The molecule has 0 aliphatic heterocycles. The van der Waals surface area contributed by atoms with Crippen LogP contribution < -0.4 is 19.5 Å². The highest BCUT2D eigenvalue weighted by Gasteiger charge is 2.13. The van der Waals surface area contributed by atoms with Crippen molar-refractivity contribution in [3.63, 3.8) is 0 Å². The van der Waals surface area contributed by atoms with Crippen LogP contribution in [-0.4, -0.2) is 52.8 Å². The topological polar surface area (TPSA) is 60.0 Å². The van der Waals surface area contributed by atoms with Gasteiger partial charge < -0.3 is 24.4 Å². The van der Waals surface area contributed by atoms with E-state index in [9.17, 15) is 4.79 Å². The van der Waals surface area contributed by atoms with Gasteiger partial charge in [0, 0.05) is 33.6 Å². The van der Waals surface area contributed by atoms with Gasteiger partial charge in [0.25, 0.3) is 0 Å². The molecule has 0 atom stereocenters. The van der Waals surface area contributed by atoms with E-state index in [0.29, 0.717) is 36.8 Å². The zero-order valence-electron chi connectivity index (χ0n) is 13.4. The van der Waals surface area contributed by atoms with Crippen molar-refractivity contribution in [1.82, 2.24) is 10.2 Å². The molecular formula is C15H24N2O4. The molecule has 1 N–H and O–H groups in total. The molecule has 6 nitrogen and oxygen atoms in total. The van der Waals surface area contributed by atoms with E-state index in [2.05, 4.69) is 5.32 Å². The molecule has 0 saturated heterocycles.